The summed E-state index contributed by atoms with van der Waals surface area (Å²) in [5.41, 5.74) is 7.28. The van der Waals surface area contributed by atoms with E-state index < -0.39 is 8.07 Å². The Morgan fingerprint density at radius 1 is 1.04 bits per heavy atom. The van der Waals surface area contributed by atoms with Gasteiger partial charge in [0.2, 0.25) is 0 Å². The van der Waals surface area contributed by atoms with Crippen molar-refractivity contribution in [3.63, 3.8) is 0 Å². The van der Waals surface area contributed by atoms with E-state index in [-0.39, 0.29) is 0 Å². The Labute approximate surface area is 164 Å². The summed E-state index contributed by atoms with van der Waals surface area (Å²) in [6.07, 6.45) is 10.1. The molecule has 146 valence electrons. The molecule has 0 radical (unpaired) electrons. The smallest absolute Gasteiger partial charge is 0.0781 e. The maximum atomic E-state index is 3.90. The lowest BCUT2D eigenvalue weighted by Crippen LogP contribution is -2.36. The van der Waals surface area contributed by atoms with Crippen molar-refractivity contribution in [3.05, 3.63) is 53.4 Å². The van der Waals surface area contributed by atoms with Gasteiger partial charge in [0, 0.05) is 12.1 Å². The Bertz CT molecular complexity index is 537. The maximum Gasteiger partial charge on any atom is 0.0781 e. The third-order valence-corrected chi connectivity index (χ3v) is 5.97. The summed E-state index contributed by atoms with van der Waals surface area (Å²) in [5, 5.41) is 3.90. The van der Waals surface area contributed by atoms with E-state index in [4.69, 9.17) is 0 Å². The van der Waals surface area contributed by atoms with E-state index in [1.54, 1.807) is 0 Å². The van der Waals surface area contributed by atoms with Crippen molar-refractivity contribution in [2.75, 3.05) is 0 Å². The lowest BCUT2D eigenvalue weighted by molar-refractivity contribution is 0.341. The SMILES string of the molecule is CCCCCC[C@H](C=C=C[Si](C)(C)C)[C@@H](CC)N[C@H](C)c1ccccc1. The van der Waals surface area contributed by atoms with Crippen LogP contribution in [0.5, 0.6) is 0 Å². The molecule has 3 atom stereocenters. The first kappa shape index (κ1) is 23.0. The van der Waals surface area contributed by atoms with Crippen LogP contribution in [-0.2, 0) is 0 Å². The monoisotopic (exact) mass is 371 g/mol. The topological polar surface area (TPSA) is 12.0 Å². The van der Waals surface area contributed by atoms with E-state index >= 15 is 0 Å². The van der Waals surface area contributed by atoms with Crippen molar-refractivity contribution in [2.24, 2.45) is 5.92 Å². The molecule has 0 saturated carbocycles. The average Bonchev–Trinajstić information content (AvgIpc) is 2.61. The van der Waals surface area contributed by atoms with Gasteiger partial charge in [-0.25, -0.2) is 0 Å². The molecule has 1 aromatic rings. The van der Waals surface area contributed by atoms with Crippen molar-refractivity contribution in [3.8, 4) is 0 Å². The van der Waals surface area contributed by atoms with Crippen molar-refractivity contribution in [2.45, 2.75) is 91.0 Å². The largest absolute Gasteiger partial charge is 0.307 e. The van der Waals surface area contributed by atoms with Gasteiger partial charge in [-0.3, -0.25) is 0 Å². The van der Waals surface area contributed by atoms with E-state index in [1.165, 1.54) is 37.7 Å². The van der Waals surface area contributed by atoms with Crippen LogP contribution in [0, 0.1) is 5.92 Å². The molecule has 0 heterocycles. The van der Waals surface area contributed by atoms with Gasteiger partial charge in [-0.1, -0.05) is 95.2 Å². The lowest BCUT2D eigenvalue weighted by atomic mass is 9.90. The highest BCUT2D eigenvalue weighted by molar-refractivity contribution is 6.80. The Morgan fingerprint density at radius 3 is 2.31 bits per heavy atom. The van der Waals surface area contributed by atoms with E-state index in [1.807, 2.05) is 0 Å². The van der Waals surface area contributed by atoms with Crippen LogP contribution in [0.4, 0.5) is 0 Å². The van der Waals surface area contributed by atoms with Gasteiger partial charge in [-0.05, 0) is 37.3 Å². The molecule has 0 amide bonds. The standard InChI is InChI=1S/C24H41NSi/c1-7-9-10-12-18-23(19-15-20-26(4,5)6)24(8-2)25-21(3)22-16-13-11-14-17-22/h11,13-14,16-17,19-21,23-25H,7-10,12,18H2,1-6H3/t15?,21-,23-,24-/m1/s1. The van der Waals surface area contributed by atoms with Gasteiger partial charge < -0.3 is 5.32 Å². The zero-order chi connectivity index (χ0) is 19.4. The molecule has 0 saturated heterocycles. The number of nitrogens with one attached hydrogen (secondary N) is 1. The van der Waals surface area contributed by atoms with E-state index in [0.717, 1.165) is 6.42 Å². The van der Waals surface area contributed by atoms with Crippen molar-refractivity contribution in [1.82, 2.24) is 5.32 Å². The minimum absolute atomic E-state index is 0.383. The normalized spacial score (nSPS) is 15.0. The molecule has 1 nitrogen and oxygen atoms in total. The van der Waals surface area contributed by atoms with Crippen LogP contribution in [0.1, 0.15) is 70.9 Å². The summed E-state index contributed by atoms with van der Waals surface area (Å²) in [6.45, 7) is 14.0. The molecule has 26 heavy (non-hydrogen) atoms. The number of hydrogen-bond acceptors (Lipinski definition) is 1. The van der Waals surface area contributed by atoms with Gasteiger partial charge in [0.05, 0.1) is 8.07 Å². The Morgan fingerprint density at radius 2 is 1.73 bits per heavy atom. The minimum Gasteiger partial charge on any atom is -0.307 e. The average molecular weight is 372 g/mol. The van der Waals surface area contributed by atoms with Crippen molar-refractivity contribution in [1.29, 1.82) is 0 Å². The molecule has 0 aliphatic heterocycles. The van der Waals surface area contributed by atoms with Crippen LogP contribution in [0.2, 0.25) is 19.6 Å². The second kappa shape index (κ2) is 12.3. The summed E-state index contributed by atoms with van der Waals surface area (Å²) >= 11 is 0. The molecule has 0 aliphatic rings. The predicted octanol–water partition coefficient (Wildman–Crippen LogP) is 7.29. The highest BCUT2D eigenvalue weighted by Crippen LogP contribution is 2.22. The van der Waals surface area contributed by atoms with Crippen LogP contribution in [0.25, 0.3) is 0 Å². The summed E-state index contributed by atoms with van der Waals surface area (Å²) in [6, 6.07) is 11.7. The Hall–Kier alpha value is -1.08. The molecule has 1 rings (SSSR count). The zero-order valence-corrected chi connectivity index (χ0v) is 19.0. The number of unbranched alkanes of at least 4 members (excludes halogenated alkanes) is 3. The van der Waals surface area contributed by atoms with E-state index in [0.29, 0.717) is 18.0 Å². The second-order valence-electron chi connectivity index (χ2n) is 8.67. The first-order chi connectivity index (χ1) is 12.4. The predicted molar refractivity (Wildman–Crippen MR) is 120 cm³/mol. The molecule has 1 N–H and O–H groups in total. The Balaban J connectivity index is 2.83. The molecule has 0 spiro atoms. The number of hydrogen-bond donors (Lipinski definition) is 1. The highest BCUT2D eigenvalue weighted by Gasteiger charge is 2.20. The summed E-state index contributed by atoms with van der Waals surface area (Å²) < 4.78 is 0. The maximum absolute atomic E-state index is 3.90. The zero-order valence-electron chi connectivity index (χ0n) is 18.0. The fourth-order valence-electron chi connectivity index (χ4n) is 3.33. The molecule has 0 fully saturated rings. The second-order valence-corrected chi connectivity index (χ2v) is 13.7. The minimum atomic E-state index is -1.19. The van der Waals surface area contributed by atoms with E-state index in [2.05, 4.69) is 93.6 Å². The Kier molecular flexibility index (Phi) is 10.9. The van der Waals surface area contributed by atoms with Crippen LogP contribution in [0.15, 0.2) is 47.8 Å². The van der Waals surface area contributed by atoms with Crippen molar-refractivity contribution < 1.29 is 0 Å². The highest BCUT2D eigenvalue weighted by atomic mass is 28.3. The fraction of sp³-hybridized carbons (Fsp3) is 0.625. The van der Waals surface area contributed by atoms with E-state index in [9.17, 15) is 0 Å². The van der Waals surface area contributed by atoms with Gasteiger partial charge in [0.25, 0.3) is 0 Å². The van der Waals surface area contributed by atoms with Gasteiger partial charge >= 0.3 is 0 Å². The van der Waals surface area contributed by atoms with Gasteiger partial charge in [-0.15, -0.1) is 5.73 Å². The lowest BCUT2D eigenvalue weighted by Gasteiger charge is -2.28. The molecule has 0 aliphatic carbocycles. The molecular weight excluding hydrogens is 330 g/mol. The molecule has 2 heteroatoms. The molecule has 1 aromatic carbocycles. The molecule has 0 unspecified atom stereocenters. The molecular formula is C24H41NSi. The first-order valence-electron chi connectivity index (χ1n) is 10.6. The van der Waals surface area contributed by atoms with Crippen molar-refractivity contribution >= 4 is 8.07 Å². The van der Waals surface area contributed by atoms with Gasteiger partial charge in [0.15, 0.2) is 0 Å². The molecule has 0 aromatic heterocycles. The first-order valence-corrected chi connectivity index (χ1v) is 14.2. The summed E-state index contributed by atoms with van der Waals surface area (Å²) in [5.74, 6) is 0.565. The van der Waals surface area contributed by atoms with Crippen LogP contribution < -0.4 is 5.32 Å². The quantitative estimate of drug-likeness (QED) is 0.231. The van der Waals surface area contributed by atoms with Crippen LogP contribution >= 0.6 is 0 Å². The van der Waals surface area contributed by atoms with Crippen LogP contribution in [0.3, 0.4) is 0 Å². The van der Waals surface area contributed by atoms with Gasteiger partial charge in [-0.2, -0.15) is 0 Å². The fourth-order valence-corrected chi connectivity index (χ4v) is 3.93. The number of rotatable bonds is 12. The summed E-state index contributed by atoms with van der Waals surface area (Å²) in [7, 11) is -1.19. The summed E-state index contributed by atoms with van der Waals surface area (Å²) in [4.78, 5) is 0. The third-order valence-electron chi connectivity index (χ3n) is 4.94. The third kappa shape index (κ3) is 9.57. The van der Waals surface area contributed by atoms with Gasteiger partial charge in [0.1, 0.15) is 0 Å². The van der Waals surface area contributed by atoms with Crippen LogP contribution in [-0.4, -0.2) is 14.1 Å². The molecule has 0 bridgehead atoms. The number of benzene rings is 1.